The molecule has 0 aliphatic carbocycles. The van der Waals surface area contributed by atoms with Gasteiger partial charge in [0.25, 0.3) is 5.91 Å². The number of aryl methyl sites for hydroxylation is 2. The highest BCUT2D eigenvalue weighted by molar-refractivity contribution is 6.07. The van der Waals surface area contributed by atoms with Crippen LogP contribution in [0, 0.1) is 20.8 Å². The average Bonchev–Trinajstić information content (AvgIpc) is 2.95. The SMILES string of the molecule is Cc1cc(C)cc(NC(=O)COC(=O)c2c(C)c(-c3ccc(OCc4ccccc4)cc3)nc3ccccc23)c1. The maximum absolute atomic E-state index is 13.4. The molecule has 1 aromatic heterocycles. The molecule has 40 heavy (non-hydrogen) atoms. The second-order valence-corrected chi connectivity index (χ2v) is 9.78. The zero-order chi connectivity index (χ0) is 28.1. The number of esters is 1. The maximum Gasteiger partial charge on any atom is 0.339 e. The number of benzene rings is 4. The summed E-state index contributed by atoms with van der Waals surface area (Å²) in [4.78, 5) is 30.8. The molecule has 5 aromatic rings. The molecule has 0 aliphatic rings. The summed E-state index contributed by atoms with van der Waals surface area (Å²) in [5.74, 6) is -0.239. The Morgan fingerprint density at radius 1 is 0.800 bits per heavy atom. The van der Waals surface area contributed by atoms with Gasteiger partial charge in [0.05, 0.1) is 16.8 Å². The summed E-state index contributed by atoms with van der Waals surface area (Å²) in [7, 11) is 0. The normalized spacial score (nSPS) is 10.8. The lowest BCUT2D eigenvalue weighted by molar-refractivity contribution is -0.119. The van der Waals surface area contributed by atoms with E-state index in [1.807, 2.05) is 118 Å². The van der Waals surface area contributed by atoms with Gasteiger partial charge in [0.15, 0.2) is 6.61 Å². The Morgan fingerprint density at radius 2 is 1.48 bits per heavy atom. The van der Waals surface area contributed by atoms with Gasteiger partial charge < -0.3 is 14.8 Å². The highest BCUT2D eigenvalue weighted by atomic mass is 16.5. The number of rotatable bonds is 8. The molecule has 1 N–H and O–H groups in total. The minimum Gasteiger partial charge on any atom is -0.489 e. The van der Waals surface area contributed by atoms with E-state index >= 15 is 0 Å². The molecule has 0 bridgehead atoms. The van der Waals surface area contributed by atoms with Gasteiger partial charge in [0.2, 0.25) is 0 Å². The number of amides is 1. The van der Waals surface area contributed by atoms with E-state index in [0.717, 1.165) is 28.0 Å². The summed E-state index contributed by atoms with van der Waals surface area (Å²) in [6.45, 7) is 5.84. The van der Waals surface area contributed by atoms with Crippen molar-refractivity contribution in [2.24, 2.45) is 0 Å². The Morgan fingerprint density at radius 3 is 2.20 bits per heavy atom. The molecule has 200 valence electrons. The first kappa shape index (κ1) is 26.6. The van der Waals surface area contributed by atoms with Crippen molar-refractivity contribution in [3.63, 3.8) is 0 Å². The van der Waals surface area contributed by atoms with Gasteiger partial charge in [0, 0.05) is 16.6 Å². The molecule has 6 heteroatoms. The number of pyridine rings is 1. The van der Waals surface area contributed by atoms with Crippen LogP contribution >= 0.6 is 0 Å². The van der Waals surface area contributed by atoms with Gasteiger partial charge in [-0.15, -0.1) is 0 Å². The topological polar surface area (TPSA) is 77.5 Å². The molecule has 6 nitrogen and oxygen atoms in total. The van der Waals surface area contributed by atoms with E-state index in [9.17, 15) is 9.59 Å². The molecule has 0 spiro atoms. The molecular weight excluding hydrogens is 500 g/mol. The Hall–Kier alpha value is -4.97. The van der Waals surface area contributed by atoms with Crippen molar-refractivity contribution in [3.05, 3.63) is 125 Å². The number of hydrogen-bond acceptors (Lipinski definition) is 5. The summed E-state index contributed by atoms with van der Waals surface area (Å²) in [6.07, 6.45) is 0. The molecule has 1 amide bonds. The molecular formula is C34H30N2O4. The quantitative estimate of drug-likeness (QED) is 0.215. The van der Waals surface area contributed by atoms with Crippen molar-refractivity contribution in [2.75, 3.05) is 11.9 Å². The zero-order valence-electron chi connectivity index (χ0n) is 22.7. The van der Waals surface area contributed by atoms with Crippen LogP contribution in [-0.2, 0) is 16.1 Å². The molecule has 0 aliphatic heterocycles. The van der Waals surface area contributed by atoms with E-state index < -0.39 is 18.5 Å². The van der Waals surface area contributed by atoms with Crippen LogP contribution in [0.5, 0.6) is 5.75 Å². The summed E-state index contributed by atoms with van der Waals surface area (Å²) < 4.78 is 11.4. The molecule has 5 rings (SSSR count). The molecule has 0 unspecified atom stereocenters. The third-order valence-corrected chi connectivity index (χ3v) is 6.56. The van der Waals surface area contributed by atoms with Crippen LogP contribution in [0.25, 0.3) is 22.2 Å². The Balaban J connectivity index is 1.35. The van der Waals surface area contributed by atoms with Crippen molar-refractivity contribution in [3.8, 4) is 17.0 Å². The number of hydrogen-bond donors (Lipinski definition) is 1. The number of nitrogens with one attached hydrogen (secondary N) is 1. The van der Waals surface area contributed by atoms with E-state index in [-0.39, 0.29) is 0 Å². The van der Waals surface area contributed by atoms with Gasteiger partial charge in [0.1, 0.15) is 12.4 Å². The molecule has 0 fully saturated rings. The first-order valence-corrected chi connectivity index (χ1v) is 13.1. The highest BCUT2D eigenvalue weighted by Gasteiger charge is 2.21. The summed E-state index contributed by atoms with van der Waals surface area (Å²) in [5, 5.41) is 3.48. The predicted octanol–water partition coefficient (Wildman–Crippen LogP) is 7.20. The fourth-order valence-electron chi connectivity index (χ4n) is 4.75. The monoisotopic (exact) mass is 530 g/mol. The van der Waals surface area contributed by atoms with Gasteiger partial charge in [-0.25, -0.2) is 9.78 Å². The maximum atomic E-state index is 13.4. The highest BCUT2D eigenvalue weighted by Crippen LogP contribution is 2.31. The van der Waals surface area contributed by atoms with E-state index in [1.165, 1.54) is 0 Å². The Bertz CT molecular complexity index is 1660. The van der Waals surface area contributed by atoms with E-state index in [4.69, 9.17) is 14.5 Å². The van der Waals surface area contributed by atoms with Gasteiger partial charge in [-0.1, -0.05) is 54.6 Å². The van der Waals surface area contributed by atoms with Crippen molar-refractivity contribution < 1.29 is 19.1 Å². The summed E-state index contributed by atoms with van der Waals surface area (Å²) in [6, 6.07) is 30.8. The standard InChI is InChI=1S/C34H30N2O4/c1-22-17-23(2)19-27(18-22)35-31(37)21-40-34(38)32-24(3)33(36-30-12-8-7-11-29(30)32)26-13-15-28(16-14-26)39-20-25-9-5-4-6-10-25/h4-19H,20-21H2,1-3H3,(H,35,37). The van der Waals surface area contributed by atoms with Crippen LogP contribution in [0.1, 0.15) is 32.6 Å². The van der Waals surface area contributed by atoms with Gasteiger partial charge >= 0.3 is 5.97 Å². The van der Waals surface area contributed by atoms with Crippen LogP contribution in [0.4, 0.5) is 5.69 Å². The summed E-state index contributed by atoms with van der Waals surface area (Å²) in [5.41, 5.74) is 7.08. The van der Waals surface area contributed by atoms with Crippen LogP contribution in [0.3, 0.4) is 0 Å². The van der Waals surface area contributed by atoms with Crippen LogP contribution in [0.2, 0.25) is 0 Å². The number of carbonyl (C=O) groups is 2. The number of aromatic nitrogens is 1. The first-order chi connectivity index (χ1) is 19.4. The smallest absolute Gasteiger partial charge is 0.339 e. The molecule has 0 atom stereocenters. The molecule has 0 radical (unpaired) electrons. The van der Waals surface area contributed by atoms with Gasteiger partial charge in [-0.3, -0.25) is 4.79 Å². The predicted molar refractivity (Wildman–Crippen MR) is 158 cm³/mol. The number of ether oxygens (including phenoxy) is 2. The fraction of sp³-hybridized carbons (Fsp3) is 0.147. The van der Waals surface area contributed by atoms with Crippen LogP contribution < -0.4 is 10.1 Å². The minimum absolute atomic E-state index is 0.393. The minimum atomic E-state index is -0.573. The largest absolute Gasteiger partial charge is 0.489 e. The molecule has 4 aromatic carbocycles. The summed E-state index contributed by atoms with van der Waals surface area (Å²) >= 11 is 0. The van der Waals surface area contributed by atoms with Gasteiger partial charge in [-0.05, 0) is 85.5 Å². The van der Waals surface area contributed by atoms with Crippen molar-refractivity contribution >= 4 is 28.5 Å². The molecule has 1 heterocycles. The van der Waals surface area contributed by atoms with Crippen molar-refractivity contribution in [1.82, 2.24) is 4.98 Å². The Kier molecular flexibility index (Phi) is 7.87. The van der Waals surface area contributed by atoms with Crippen LogP contribution in [-0.4, -0.2) is 23.5 Å². The first-order valence-electron chi connectivity index (χ1n) is 13.1. The molecule has 0 saturated carbocycles. The Labute approximate surface area is 233 Å². The number of carbonyl (C=O) groups excluding carboxylic acids is 2. The number of fused-ring (bicyclic) bond motifs is 1. The average molecular weight is 531 g/mol. The van der Waals surface area contributed by atoms with Gasteiger partial charge in [-0.2, -0.15) is 0 Å². The van der Waals surface area contributed by atoms with Crippen LogP contribution in [0.15, 0.2) is 97.1 Å². The van der Waals surface area contributed by atoms with E-state index in [2.05, 4.69) is 5.32 Å². The second-order valence-electron chi connectivity index (χ2n) is 9.78. The van der Waals surface area contributed by atoms with E-state index in [0.29, 0.717) is 40.0 Å². The zero-order valence-corrected chi connectivity index (χ0v) is 22.7. The third-order valence-electron chi connectivity index (χ3n) is 6.56. The third kappa shape index (κ3) is 6.18. The lowest BCUT2D eigenvalue weighted by Crippen LogP contribution is -2.21. The van der Waals surface area contributed by atoms with Crippen molar-refractivity contribution in [2.45, 2.75) is 27.4 Å². The van der Waals surface area contributed by atoms with E-state index in [1.54, 1.807) is 0 Å². The fourth-order valence-corrected chi connectivity index (χ4v) is 4.75. The second kappa shape index (κ2) is 11.8. The number of para-hydroxylation sites is 1. The lowest BCUT2D eigenvalue weighted by atomic mass is 9.97. The number of nitrogens with zero attached hydrogens (tertiary/aromatic N) is 1. The number of anilines is 1. The van der Waals surface area contributed by atoms with Crippen molar-refractivity contribution in [1.29, 1.82) is 0 Å². The molecule has 0 saturated heterocycles. The lowest BCUT2D eigenvalue weighted by Gasteiger charge is -2.15.